The summed E-state index contributed by atoms with van der Waals surface area (Å²) in [7, 11) is 0. The quantitative estimate of drug-likeness (QED) is 0.772. The molecule has 0 saturated carbocycles. The Morgan fingerprint density at radius 2 is 1.70 bits per heavy atom. The summed E-state index contributed by atoms with van der Waals surface area (Å²) in [6.07, 6.45) is 0.179. The predicted octanol–water partition coefficient (Wildman–Crippen LogP) is 3.00. The van der Waals surface area contributed by atoms with Gasteiger partial charge >= 0.3 is 5.97 Å². The van der Waals surface area contributed by atoms with Crippen molar-refractivity contribution in [1.29, 1.82) is 0 Å². The minimum absolute atomic E-state index is 0.416. The van der Waals surface area contributed by atoms with Crippen LogP contribution in [0.1, 0.15) is 49.9 Å². The molecular formula is C18H27NO4. The molecule has 2 atom stereocenters. The summed E-state index contributed by atoms with van der Waals surface area (Å²) in [5.74, 6) is -1.01. The summed E-state index contributed by atoms with van der Waals surface area (Å²) >= 11 is 0. The van der Waals surface area contributed by atoms with Crippen LogP contribution in [0.15, 0.2) is 18.2 Å². The first-order valence-electron chi connectivity index (χ1n) is 7.93. The second kappa shape index (κ2) is 8.67. The number of aliphatic carboxylic acids is 1. The molecule has 0 bridgehead atoms. The SMILES string of the molecule is Cc1cc(C)cc(C(NC(=O)C(C)OCCC(C)C)C(=O)O)c1. The van der Waals surface area contributed by atoms with Gasteiger partial charge in [-0.15, -0.1) is 0 Å². The summed E-state index contributed by atoms with van der Waals surface area (Å²) in [5.41, 5.74) is 2.49. The van der Waals surface area contributed by atoms with Crippen LogP contribution in [0.25, 0.3) is 0 Å². The van der Waals surface area contributed by atoms with Crippen LogP contribution < -0.4 is 5.32 Å². The molecule has 1 amide bonds. The molecule has 2 unspecified atom stereocenters. The van der Waals surface area contributed by atoms with Gasteiger partial charge in [0.1, 0.15) is 6.10 Å². The van der Waals surface area contributed by atoms with E-state index in [9.17, 15) is 14.7 Å². The van der Waals surface area contributed by atoms with Crippen LogP contribution in [0.2, 0.25) is 0 Å². The maximum Gasteiger partial charge on any atom is 0.330 e. The van der Waals surface area contributed by atoms with E-state index in [-0.39, 0.29) is 0 Å². The van der Waals surface area contributed by atoms with Gasteiger partial charge in [0.05, 0.1) is 0 Å². The Kier molecular flexibility index (Phi) is 7.23. The molecule has 2 N–H and O–H groups in total. The highest BCUT2D eigenvalue weighted by Crippen LogP contribution is 2.18. The lowest BCUT2D eigenvalue weighted by Crippen LogP contribution is -2.40. The van der Waals surface area contributed by atoms with Crippen LogP contribution >= 0.6 is 0 Å². The third-order valence-corrected chi connectivity index (χ3v) is 3.54. The number of benzene rings is 1. The number of nitrogens with one attached hydrogen (secondary N) is 1. The first-order chi connectivity index (χ1) is 10.7. The number of carbonyl (C=O) groups is 2. The fourth-order valence-electron chi connectivity index (χ4n) is 2.28. The molecular weight excluding hydrogens is 294 g/mol. The highest BCUT2D eigenvalue weighted by atomic mass is 16.5. The lowest BCUT2D eigenvalue weighted by atomic mass is 10.0. The Bertz CT molecular complexity index is 534. The van der Waals surface area contributed by atoms with E-state index in [1.807, 2.05) is 19.9 Å². The Morgan fingerprint density at radius 3 is 2.17 bits per heavy atom. The zero-order valence-corrected chi connectivity index (χ0v) is 14.6. The second-order valence-electron chi connectivity index (χ2n) is 6.40. The average molecular weight is 321 g/mol. The number of aryl methyl sites for hydroxylation is 2. The molecule has 5 nitrogen and oxygen atoms in total. The zero-order chi connectivity index (χ0) is 17.6. The molecule has 0 radical (unpaired) electrons. The molecule has 0 aromatic heterocycles. The average Bonchev–Trinajstić information content (AvgIpc) is 2.42. The number of amides is 1. The number of hydrogen-bond donors (Lipinski definition) is 2. The maximum atomic E-state index is 12.2. The molecule has 128 valence electrons. The molecule has 23 heavy (non-hydrogen) atoms. The van der Waals surface area contributed by atoms with E-state index in [4.69, 9.17) is 4.74 Å². The van der Waals surface area contributed by atoms with Crippen molar-refractivity contribution in [3.8, 4) is 0 Å². The predicted molar refractivity (Wildman–Crippen MR) is 89.3 cm³/mol. The number of ether oxygens (including phenoxy) is 1. The van der Waals surface area contributed by atoms with Gasteiger partial charge in [0.2, 0.25) is 5.91 Å². The standard InChI is InChI=1S/C18H27NO4/c1-11(2)6-7-23-14(5)17(20)19-16(18(21)22)15-9-12(3)8-13(4)10-15/h8-11,14,16H,6-7H2,1-5H3,(H,19,20)(H,21,22). The van der Waals surface area contributed by atoms with Crippen LogP contribution in [0, 0.1) is 19.8 Å². The van der Waals surface area contributed by atoms with Gasteiger partial charge in [-0.3, -0.25) is 4.79 Å². The van der Waals surface area contributed by atoms with Crippen molar-refractivity contribution >= 4 is 11.9 Å². The molecule has 0 saturated heterocycles. The van der Waals surface area contributed by atoms with Gasteiger partial charge in [0, 0.05) is 6.61 Å². The Hall–Kier alpha value is -1.88. The van der Waals surface area contributed by atoms with Crippen LogP contribution in [-0.4, -0.2) is 29.7 Å². The number of carboxylic acid groups (broad SMARTS) is 1. The van der Waals surface area contributed by atoms with Crippen molar-refractivity contribution < 1.29 is 19.4 Å². The molecule has 1 aromatic carbocycles. The lowest BCUT2D eigenvalue weighted by Gasteiger charge is -2.19. The van der Waals surface area contributed by atoms with Gasteiger partial charge < -0.3 is 15.2 Å². The van der Waals surface area contributed by atoms with E-state index in [1.54, 1.807) is 19.1 Å². The topological polar surface area (TPSA) is 75.6 Å². The molecule has 5 heteroatoms. The lowest BCUT2D eigenvalue weighted by molar-refractivity contribution is -0.144. The third-order valence-electron chi connectivity index (χ3n) is 3.54. The normalized spacial score (nSPS) is 13.7. The molecule has 0 aliphatic rings. The summed E-state index contributed by atoms with van der Waals surface area (Å²) in [4.78, 5) is 23.7. The fraction of sp³-hybridized carbons (Fsp3) is 0.556. The van der Waals surface area contributed by atoms with E-state index >= 15 is 0 Å². The Morgan fingerprint density at radius 1 is 1.13 bits per heavy atom. The van der Waals surface area contributed by atoms with E-state index in [2.05, 4.69) is 19.2 Å². The van der Waals surface area contributed by atoms with E-state index < -0.39 is 24.0 Å². The van der Waals surface area contributed by atoms with Crippen LogP contribution in [-0.2, 0) is 14.3 Å². The van der Waals surface area contributed by atoms with E-state index in [0.717, 1.165) is 17.5 Å². The first kappa shape index (κ1) is 19.2. The number of rotatable bonds is 8. The van der Waals surface area contributed by atoms with Crippen molar-refractivity contribution in [2.75, 3.05) is 6.61 Å². The summed E-state index contributed by atoms with van der Waals surface area (Å²) in [6.45, 7) is 10.1. The van der Waals surface area contributed by atoms with E-state index in [1.165, 1.54) is 0 Å². The largest absolute Gasteiger partial charge is 0.479 e. The minimum Gasteiger partial charge on any atom is -0.479 e. The van der Waals surface area contributed by atoms with Crippen LogP contribution in [0.3, 0.4) is 0 Å². The molecule has 0 fully saturated rings. The fourth-order valence-corrected chi connectivity index (χ4v) is 2.28. The summed E-state index contributed by atoms with van der Waals surface area (Å²) in [6, 6.07) is 4.44. The molecule has 0 spiro atoms. The number of carboxylic acids is 1. The zero-order valence-electron chi connectivity index (χ0n) is 14.6. The molecule has 1 aromatic rings. The second-order valence-corrected chi connectivity index (χ2v) is 6.40. The minimum atomic E-state index is -1.09. The van der Waals surface area contributed by atoms with Gasteiger partial charge in [-0.25, -0.2) is 4.79 Å². The maximum absolute atomic E-state index is 12.2. The summed E-state index contributed by atoms with van der Waals surface area (Å²) < 4.78 is 5.47. The Balaban J connectivity index is 2.75. The van der Waals surface area contributed by atoms with Crippen LogP contribution in [0.5, 0.6) is 0 Å². The molecule has 0 aliphatic carbocycles. The first-order valence-corrected chi connectivity index (χ1v) is 7.93. The van der Waals surface area contributed by atoms with Crippen molar-refractivity contribution in [2.45, 2.75) is 53.2 Å². The van der Waals surface area contributed by atoms with Gasteiger partial charge in [-0.2, -0.15) is 0 Å². The highest BCUT2D eigenvalue weighted by molar-refractivity contribution is 5.86. The number of hydrogen-bond acceptors (Lipinski definition) is 3. The van der Waals surface area contributed by atoms with Gasteiger partial charge in [-0.05, 0) is 38.7 Å². The third kappa shape index (κ3) is 6.40. The molecule has 0 heterocycles. The number of carbonyl (C=O) groups excluding carboxylic acids is 1. The highest BCUT2D eigenvalue weighted by Gasteiger charge is 2.25. The van der Waals surface area contributed by atoms with Gasteiger partial charge in [0.25, 0.3) is 0 Å². The van der Waals surface area contributed by atoms with Crippen molar-refractivity contribution in [3.05, 3.63) is 34.9 Å². The van der Waals surface area contributed by atoms with Gasteiger partial charge in [0.15, 0.2) is 6.04 Å². The molecule has 0 aliphatic heterocycles. The smallest absolute Gasteiger partial charge is 0.330 e. The van der Waals surface area contributed by atoms with Crippen molar-refractivity contribution in [1.82, 2.24) is 5.32 Å². The van der Waals surface area contributed by atoms with E-state index in [0.29, 0.717) is 18.1 Å². The van der Waals surface area contributed by atoms with Crippen molar-refractivity contribution in [2.24, 2.45) is 5.92 Å². The molecule has 1 rings (SSSR count). The van der Waals surface area contributed by atoms with Crippen LogP contribution in [0.4, 0.5) is 0 Å². The van der Waals surface area contributed by atoms with Crippen molar-refractivity contribution in [3.63, 3.8) is 0 Å². The van der Waals surface area contributed by atoms with Gasteiger partial charge in [-0.1, -0.05) is 43.2 Å². The monoisotopic (exact) mass is 321 g/mol. The summed E-state index contributed by atoms with van der Waals surface area (Å²) in [5, 5.41) is 12.0. The Labute approximate surface area is 138 Å².